The predicted octanol–water partition coefficient (Wildman–Crippen LogP) is 2.88. The second-order valence-corrected chi connectivity index (χ2v) is 6.64. The highest BCUT2D eigenvalue weighted by Gasteiger charge is 2.27. The average molecular weight is 316 g/mol. The molecule has 3 rings (SSSR count). The van der Waals surface area contributed by atoms with E-state index in [9.17, 15) is 9.59 Å². The van der Waals surface area contributed by atoms with E-state index < -0.39 is 5.91 Å². The summed E-state index contributed by atoms with van der Waals surface area (Å²) in [6, 6.07) is 5.47. The summed E-state index contributed by atoms with van der Waals surface area (Å²) in [6.45, 7) is 0. The summed E-state index contributed by atoms with van der Waals surface area (Å²) in [5, 5.41) is 12.0. The zero-order valence-electron chi connectivity index (χ0n) is 13.3. The number of hydrogen-bond donors (Lipinski definition) is 3. The minimum absolute atomic E-state index is 0.0411. The molecule has 0 heterocycles. The molecule has 2 aliphatic carbocycles. The Morgan fingerprint density at radius 1 is 1.04 bits per heavy atom. The molecule has 0 bridgehead atoms. The van der Waals surface area contributed by atoms with Gasteiger partial charge in [-0.15, -0.1) is 0 Å². The van der Waals surface area contributed by atoms with Crippen molar-refractivity contribution in [3.8, 4) is 0 Å². The van der Waals surface area contributed by atoms with Gasteiger partial charge in [0, 0.05) is 11.5 Å². The lowest BCUT2D eigenvalue weighted by Gasteiger charge is -2.29. The molecule has 0 aliphatic heterocycles. The summed E-state index contributed by atoms with van der Waals surface area (Å²) >= 11 is 0. The van der Waals surface area contributed by atoms with Crippen molar-refractivity contribution in [2.45, 2.75) is 57.4 Å². The fourth-order valence-electron chi connectivity index (χ4n) is 3.82. The maximum Gasteiger partial charge on any atom is 0.274 e. The van der Waals surface area contributed by atoms with Crippen LogP contribution in [0.3, 0.4) is 0 Å². The first kappa shape index (κ1) is 16.0. The van der Waals surface area contributed by atoms with Crippen LogP contribution < -0.4 is 10.8 Å². The maximum absolute atomic E-state index is 12.5. The van der Waals surface area contributed by atoms with Crippen molar-refractivity contribution >= 4 is 11.8 Å². The standard InChI is InChI=1S/C18H24N2O3/c21-17(12-5-2-1-3-6-12)19-16-8-4-7-13-11-14(18(22)20-23)9-10-15(13)16/h9-12,16,23H,1-8H2,(H,19,21)(H,20,22). The summed E-state index contributed by atoms with van der Waals surface area (Å²) in [5.41, 5.74) is 4.31. The van der Waals surface area contributed by atoms with Gasteiger partial charge in [0.1, 0.15) is 0 Å². The van der Waals surface area contributed by atoms with Crippen LogP contribution in [0, 0.1) is 5.92 Å². The Morgan fingerprint density at radius 3 is 2.57 bits per heavy atom. The molecule has 2 aliphatic rings. The number of nitrogens with one attached hydrogen (secondary N) is 2. The maximum atomic E-state index is 12.5. The number of carbonyl (C=O) groups excluding carboxylic acids is 2. The number of carbonyl (C=O) groups is 2. The molecule has 0 radical (unpaired) electrons. The number of aryl methyl sites for hydroxylation is 1. The molecule has 2 amide bonds. The quantitative estimate of drug-likeness (QED) is 0.592. The predicted molar refractivity (Wildman–Crippen MR) is 86.1 cm³/mol. The third-order valence-electron chi connectivity index (χ3n) is 5.11. The smallest absolute Gasteiger partial charge is 0.274 e. The lowest BCUT2D eigenvalue weighted by Crippen LogP contribution is -2.36. The number of benzene rings is 1. The van der Waals surface area contributed by atoms with Crippen LogP contribution in [0.15, 0.2) is 18.2 Å². The van der Waals surface area contributed by atoms with Gasteiger partial charge in [-0.25, -0.2) is 5.48 Å². The molecule has 1 saturated carbocycles. The van der Waals surface area contributed by atoms with E-state index >= 15 is 0 Å². The molecule has 1 unspecified atom stereocenters. The summed E-state index contributed by atoms with van der Waals surface area (Å²) in [4.78, 5) is 24.0. The second-order valence-electron chi connectivity index (χ2n) is 6.64. The second kappa shape index (κ2) is 7.13. The zero-order valence-corrected chi connectivity index (χ0v) is 13.3. The van der Waals surface area contributed by atoms with Gasteiger partial charge >= 0.3 is 0 Å². The molecule has 1 atom stereocenters. The van der Waals surface area contributed by atoms with Crippen LogP contribution in [0.4, 0.5) is 0 Å². The molecule has 124 valence electrons. The summed E-state index contributed by atoms with van der Waals surface area (Å²) in [5.74, 6) is -0.158. The van der Waals surface area contributed by atoms with Gasteiger partial charge in [-0.2, -0.15) is 0 Å². The highest BCUT2D eigenvalue weighted by atomic mass is 16.5. The van der Waals surface area contributed by atoms with Gasteiger partial charge in [0.05, 0.1) is 6.04 Å². The van der Waals surface area contributed by atoms with Crippen LogP contribution in [0.1, 0.15) is 72.5 Å². The van der Waals surface area contributed by atoms with E-state index in [0.717, 1.165) is 56.1 Å². The van der Waals surface area contributed by atoms with Gasteiger partial charge in [0.2, 0.25) is 5.91 Å². The van der Waals surface area contributed by atoms with Gasteiger partial charge in [0.15, 0.2) is 0 Å². The lowest BCUT2D eigenvalue weighted by atomic mass is 9.85. The Kier molecular flexibility index (Phi) is 4.96. The van der Waals surface area contributed by atoms with Crippen molar-refractivity contribution in [1.82, 2.24) is 10.8 Å². The molecule has 1 aromatic rings. The van der Waals surface area contributed by atoms with Crippen molar-refractivity contribution in [1.29, 1.82) is 0 Å². The van der Waals surface area contributed by atoms with E-state index in [1.165, 1.54) is 6.42 Å². The first-order valence-electron chi connectivity index (χ1n) is 8.56. The van der Waals surface area contributed by atoms with Crippen molar-refractivity contribution in [2.75, 3.05) is 0 Å². The van der Waals surface area contributed by atoms with Crippen LogP contribution in [0.2, 0.25) is 0 Å². The fourth-order valence-corrected chi connectivity index (χ4v) is 3.82. The van der Waals surface area contributed by atoms with Gasteiger partial charge < -0.3 is 5.32 Å². The number of hydroxylamine groups is 1. The number of fused-ring (bicyclic) bond motifs is 1. The van der Waals surface area contributed by atoms with Crippen LogP contribution in [0.25, 0.3) is 0 Å². The zero-order chi connectivity index (χ0) is 16.2. The Labute approximate surface area is 136 Å². The molecular formula is C18H24N2O3. The molecule has 1 fully saturated rings. The molecule has 0 saturated heterocycles. The van der Waals surface area contributed by atoms with Crippen LogP contribution in [0.5, 0.6) is 0 Å². The third kappa shape index (κ3) is 3.55. The largest absolute Gasteiger partial charge is 0.349 e. The van der Waals surface area contributed by atoms with Crippen LogP contribution in [-0.4, -0.2) is 17.0 Å². The topological polar surface area (TPSA) is 78.4 Å². The van der Waals surface area contributed by atoms with Crippen molar-refractivity contribution < 1.29 is 14.8 Å². The SMILES string of the molecule is O=C(NO)c1ccc2c(c1)CCCC2NC(=O)C1CCCCC1. The van der Waals surface area contributed by atoms with E-state index in [2.05, 4.69) is 5.32 Å². The minimum atomic E-state index is -0.499. The van der Waals surface area contributed by atoms with Gasteiger partial charge in [-0.1, -0.05) is 25.3 Å². The molecular weight excluding hydrogens is 292 g/mol. The minimum Gasteiger partial charge on any atom is -0.349 e. The molecule has 23 heavy (non-hydrogen) atoms. The Morgan fingerprint density at radius 2 is 1.83 bits per heavy atom. The Bertz CT molecular complexity index is 594. The third-order valence-corrected chi connectivity index (χ3v) is 5.11. The van der Waals surface area contributed by atoms with E-state index in [1.807, 2.05) is 12.1 Å². The highest BCUT2D eigenvalue weighted by molar-refractivity contribution is 5.93. The normalized spacial score (nSPS) is 21.3. The number of rotatable bonds is 3. The Hall–Kier alpha value is -1.88. The van der Waals surface area contributed by atoms with Crippen molar-refractivity contribution in [3.63, 3.8) is 0 Å². The number of hydrogen-bond acceptors (Lipinski definition) is 3. The summed E-state index contributed by atoms with van der Waals surface area (Å²) in [7, 11) is 0. The molecule has 0 spiro atoms. The molecule has 5 heteroatoms. The van der Waals surface area contributed by atoms with E-state index in [0.29, 0.717) is 5.56 Å². The van der Waals surface area contributed by atoms with Gasteiger partial charge in [-0.3, -0.25) is 14.8 Å². The monoisotopic (exact) mass is 316 g/mol. The fraction of sp³-hybridized carbons (Fsp3) is 0.556. The first-order valence-corrected chi connectivity index (χ1v) is 8.56. The average Bonchev–Trinajstić information content (AvgIpc) is 2.61. The van der Waals surface area contributed by atoms with E-state index in [-0.39, 0.29) is 17.9 Å². The van der Waals surface area contributed by atoms with E-state index in [1.54, 1.807) is 11.5 Å². The van der Waals surface area contributed by atoms with E-state index in [4.69, 9.17) is 5.21 Å². The van der Waals surface area contributed by atoms with Gasteiger partial charge in [0.25, 0.3) is 5.91 Å². The van der Waals surface area contributed by atoms with Crippen molar-refractivity contribution in [2.24, 2.45) is 5.92 Å². The van der Waals surface area contributed by atoms with Gasteiger partial charge in [-0.05, 0) is 55.4 Å². The lowest BCUT2D eigenvalue weighted by molar-refractivity contribution is -0.126. The first-order chi connectivity index (χ1) is 11.2. The number of amides is 2. The molecule has 3 N–H and O–H groups in total. The highest BCUT2D eigenvalue weighted by Crippen LogP contribution is 2.32. The molecule has 1 aromatic carbocycles. The molecule has 0 aromatic heterocycles. The van der Waals surface area contributed by atoms with Crippen LogP contribution in [-0.2, 0) is 11.2 Å². The summed E-state index contributed by atoms with van der Waals surface area (Å²) in [6.07, 6.45) is 8.38. The summed E-state index contributed by atoms with van der Waals surface area (Å²) < 4.78 is 0. The van der Waals surface area contributed by atoms with Crippen LogP contribution >= 0.6 is 0 Å². The Balaban J connectivity index is 1.73. The van der Waals surface area contributed by atoms with Crippen molar-refractivity contribution in [3.05, 3.63) is 34.9 Å². The molecule has 5 nitrogen and oxygen atoms in total.